The highest BCUT2D eigenvalue weighted by atomic mass is 16.5. The minimum atomic E-state index is 0.337. The number of ether oxygens (including phenoxy) is 2. The van der Waals surface area contributed by atoms with Gasteiger partial charge in [-0.25, -0.2) is 0 Å². The van der Waals surface area contributed by atoms with E-state index in [9.17, 15) is 0 Å². The second-order valence-corrected chi connectivity index (χ2v) is 5.57. The Kier molecular flexibility index (Phi) is 5.83. The van der Waals surface area contributed by atoms with Crippen LogP contribution in [0.15, 0.2) is 24.3 Å². The number of nitrogens with zero attached hydrogens (tertiary/aromatic N) is 1. The highest BCUT2D eigenvalue weighted by Gasteiger charge is 2.21. The summed E-state index contributed by atoms with van der Waals surface area (Å²) in [6.07, 6.45) is 1.71. The van der Waals surface area contributed by atoms with Crippen LogP contribution in [0.3, 0.4) is 0 Å². The van der Waals surface area contributed by atoms with E-state index in [-0.39, 0.29) is 0 Å². The maximum absolute atomic E-state index is 5.75. The van der Waals surface area contributed by atoms with Gasteiger partial charge >= 0.3 is 0 Å². The predicted molar refractivity (Wildman–Crippen MR) is 80.9 cm³/mol. The molecule has 2 N–H and O–H groups in total. The van der Waals surface area contributed by atoms with Crippen LogP contribution in [0, 0.1) is 0 Å². The molecule has 1 saturated heterocycles. The Labute approximate surface area is 121 Å². The summed E-state index contributed by atoms with van der Waals surface area (Å²) in [6, 6.07) is 8.00. The minimum Gasteiger partial charge on any atom is -0.494 e. The van der Waals surface area contributed by atoms with Crippen molar-refractivity contribution in [1.82, 2.24) is 4.90 Å². The number of benzene rings is 1. The van der Waals surface area contributed by atoms with Crippen molar-refractivity contribution in [3.63, 3.8) is 0 Å². The van der Waals surface area contributed by atoms with Crippen molar-refractivity contribution in [2.75, 3.05) is 26.2 Å². The maximum atomic E-state index is 5.75. The molecule has 1 aliphatic heterocycles. The van der Waals surface area contributed by atoms with Crippen LogP contribution >= 0.6 is 0 Å². The summed E-state index contributed by atoms with van der Waals surface area (Å²) in [5.74, 6) is 0.922. The zero-order valence-corrected chi connectivity index (χ0v) is 12.5. The van der Waals surface area contributed by atoms with Gasteiger partial charge in [-0.1, -0.05) is 12.1 Å². The van der Waals surface area contributed by atoms with Gasteiger partial charge in [0.25, 0.3) is 0 Å². The van der Waals surface area contributed by atoms with Crippen molar-refractivity contribution in [1.29, 1.82) is 0 Å². The standard InChI is InChI=1S/C16H26N2O2/c1-13-11-18(12-14(2)20-13)8-3-9-19-16-6-4-15(10-17)5-7-16/h4-7,13-14H,3,8-12,17H2,1-2H3/t13-,14+. The molecule has 2 rings (SSSR count). The quantitative estimate of drug-likeness (QED) is 0.809. The molecule has 2 atom stereocenters. The van der Waals surface area contributed by atoms with Crippen LogP contribution in [0.5, 0.6) is 5.75 Å². The molecule has 1 heterocycles. The zero-order chi connectivity index (χ0) is 14.4. The van der Waals surface area contributed by atoms with Gasteiger partial charge in [-0.3, -0.25) is 4.90 Å². The average Bonchev–Trinajstić information content (AvgIpc) is 2.43. The van der Waals surface area contributed by atoms with Gasteiger partial charge in [-0.05, 0) is 38.0 Å². The molecule has 20 heavy (non-hydrogen) atoms. The Bertz CT molecular complexity index is 384. The molecule has 1 fully saturated rings. The van der Waals surface area contributed by atoms with Crippen molar-refractivity contribution in [2.45, 2.75) is 39.0 Å². The number of hydrogen-bond acceptors (Lipinski definition) is 4. The first-order valence-electron chi connectivity index (χ1n) is 7.47. The Morgan fingerprint density at radius 3 is 2.45 bits per heavy atom. The lowest BCUT2D eigenvalue weighted by Crippen LogP contribution is -2.45. The SMILES string of the molecule is C[C@@H]1CN(CCCOc2ccc(CN)cc2)C[C@H](C)O1. The van der Waals surface area contributed by atoms with Crippen molar-refractivity contribution in [3.8, 4) is 5.75 Å². The van der Waals surface area contributed by atoms with Gasteiger partial charge in [-0.2, -0.15) is 0 Å². The smallest absolute Gasteiger partial charge is 0.119 e. The van der Waals surface area contributed by atoms with Crippen LogP contribution < -0.4 is 10.5 Å². The Balaban J connectivity index is 1.65. The van der Waals surface area contributed by atoms with E-state index in [1.165, 1.54) is 0 Å². The number of morpholine rings is 1. The maximum Gasteiger partial charge on any atom is 0.119 e. The highest BCUT2D eigenvalue weighted by Crippen LogP contribution is 2.13. The summed E-state index contributed by atoms with van der Waals surface area (Å²) in [4.78, 5) is 2.46. The monoisotopic (exact) mass is 278 g/mol. The van der Waals surface area contributed by atoms with Gasteiger partial charge in [0, 0.05) is 26.2 Å². The fraction of sp³-hybridized carbons (Fsp3) is 0.625. The molecule has 1 aromatic carbocycles. The molecule has 0 spiro atoms. The van der Waals surface area contributed by atoms with Gasteiger partial charge in [0.15, 0.2) is 0 Å². The summed E-state index contributed by atoms with van der Waals surface area (Å²) in [5.41, 5.74) is 6.70. The van der Waals surface area contributed by atoms with E-state index in [0.717, 1.165) is 44.0 Å². The molecule has 4 heteroatoms. The van der Waals surface area contributed by atoms with Crippen LogP contribution in [0.4, 0.5) is 0 Å². The molecular weight excluding hydrogens is 252 g/mol. The van der Waals surface area contributed by atoms with Crippen LogP contribution in [0.1, 0.15) is 25.8 Å². The fourth-order valence-corrected chi connectivity index (χ4v) is 2.67. The van der Waals surface area contributed by atoms with E-state index in [0.29, 0.717) is 18.8 Å². The number of nitrogens with two attached hydrogens (primary N) is 1. The first-order valence-corrected chi connectivity index (χ1v) is 7.47. The molecule has 0 unspecified atom stereocenters. The van der Waals surface area contributed by atoms with Crippen LogP contribution in [-0.4, -0.2) is 43.3 Å². The molecule has 0 radical (unpaired) electrons. The third-order valence-electron chi connectivity index (χ3n) is 3.54. The number of hydrogen-bond donors (Lipinski definition) is 1. The zero-order valence-electron chi connectivity index (χ0n) is 12.5. The van der Waals surface area contributed by atoms with Gasteiger partial charge in [0.2, 0.25) is 0 Å². The number of rotatable bonds is 6. The lowest BCUT2D eigenvalue weighted by molar-refractivity contribution is -0.0686. The highest BCUT2D eigenvalue weighted by molar-refractivity contribution is 5.26. The lowest BCUT2D eigenvalue weighted by atomic mass is 10.2. The first kappa shape index (κ1) is 15.3. The topological polar surface area (TPSA) is 47.7 Å². The molecule has 0 saturated carbocycles. The molecule has 1 aromatic rings. The van der Waals surface area contributed by atoms with Gasteiger partial charge in [-0.15, -0.1) is 0 Å². The molecule has 0 aliphatic carbocycles. The van der Waals surface area contributed by atoms with E-state index < -0.39 is 0 Å². The molecule has 0 aromatic heterocycles. The van der Waals surface area contributed by atoms with E-state index in [1.54, 1.807) is 0 Å². The molecule has 4 nitrogen and oxygen atoms in total. The van der Waals surface area contributed by atoms with E-state index in [2.05, 4.69) is 18.7 Å². The second-order valence-electron chi connectivity index (χ2n) is 5.57. The Morgan fingerprint density at radius 2 is 1.85 bits per heavy atom. The van der Waals surface area contributed by atoms with Crippen molar-refractivity contribution >= 4 is 0 Å². The van der Waals surface area contributed by atoms with E-state index in [1.807, 2.05) is 24.3 Å². The molecular formula is C16H26N2O2. The second kappa shape index (κ2) is 7.62. The average molecular weight is 278 g/mol. The minimum absolute atomic E-state index is 0.337. The largest absolute Gasteiger partial charge is 0.494 e. The van der Waals surface area contributed by atoms with Crippen molar-refractivity contribution < 1.29 is 9.47 Å². The van der Waals surface area contributed by atoms with E-state index >= 15 is 0 Å². The normalized spacial score (nSPS) is 23.8. The van der Waals surface area contributed by atoms with Crippen LogP contribution in [-0.2, 0) is 11.3 Å². The molecule has 0 amide bonds. The molecule has 1 aliphatic rings. The Morgan fingerprint density at radius 1 is 1.20 bits per heavy atom. The van der Waals surface area contributed by atoms with Gasteiger partial charge < -0.3 is 15.2 Å². The summed E-state index contributed by atoms with van der Waals surface area (Å²) in [6.45, 7) is 8.72. The fourth-order valence-electron chi connectivity index (χ4n) is 2.67. The third kappa shape index (κ3) is 4.78. The van der Waals surface area contributed by atoms with Crippen molar-refractivity contribution in [3.05, 3.63) is 29.8 Å². The predicted octanol–water partition coefficient (Wildman–Crippen LogP) is 2.02. The summed E-state index contributed by atoms with van der Waals surface area (Å²) in [7, 11) is 0. The molecule has 112 valence electrons. The van der Waals surface area contributed by atoms with Gasteiger partial charge in [0.1, 0.15) is 5.75 Å². The van der Waals surface area contributed by atoms with Crippen LogP contribution in [0.2, 0.25) is 0 Å². The summed E-state index contributed by atoms with van der Waals surface area (Å²) in [5, 5.41) is 0. The van der Waals surface area contributed by atoms with Crippen LogP contribution in [0.25, 0.3) is 0 Å². The Hall–Kier alpha value is -1.10. The first-order chi connectivity index (χ1) is 9.67. The summed E-state index contributed by atoms with van der Waals surface area (Å²) >= 11 is 0. The lowest BCUT2D eigenvalue weighted by Gasteiger charge is -2.35. The van der Waals surface area contributed by atoms with E-state index in [4.69, 9.17) is 15.2 Å². The van der Waals surface area contributed by atoms with Crippen molar-refractivity contribution in [2.24, 2.45) is 5.73 Å². The summed E-state index contributed by atoms with van der Waals surface area (Å²) < 4.78 is 11.5. The third-order valence-corrected chi connectivity index (χ3v) is 3.54. The van der Waals surface area contributed by atoms with Gasteiger partial charge in [0.05, 0.1) is 18.8 Å². The molecule has 0 bridgehead atoms.